The molecule has 20 heavy (non-hydrogen) atoms. The second-order valence-electron chi connectivity index (χ2n) is 5.56. The molecule has 106 valence electrons. The van der Waals surface area contributed by atoms with Crippen molar-refractivity contribution in [3.8, 4) is 0 Å². The SMILES string of the molecule is CCC1CN(c2ccc(N)c3cccnc23)CCN1C. The van der Waals surface area contributed by atoms with E-state index in [1.54, 1.807) is 0 Å². The summed E-state index contributed by atoms with van der Waals surface area (Å²) in [4.78, 5) is 9.45. The van der Waals surface area contributed by atoms with Crippen LogP contribution in [0.5, 0.6) is 0 Å². The molecule has 0 aliphatic carbocycles. The molecule has 4 heteroatoms. The lowest BCUT2D eigenvalue weighted by Gasteiger charge is -2.40. The number of pyridine rings is 1. The maximum atomic E-state index is 6.06. The number of nitrogens with zero attached hydrogens (tertiary/aromatic N) is 3. The average Bonchev–Trinajstić information content (AvgIpc) is 2.49. The summed E-state index contributed by atoms with van der Waals surface area (Å²) in [6, 6.07) is 8.72. The fourth-order valence-corrected chi connectivity index (χ4v) is 3.04. The molecule has 1 aromatic heterocycles. The zero-order chi connectivity index (χ0) is 14.1. The van der Waals surface area contributed by atoms with Gasteiger partial charge >= 0.3 is 0 Å². The normalized spacial score (nSPS) is 20.5. The molecular formula is C16H22N4. The highest BCUT2D eigenvalue weighted by Gasteiger charge is 2.24. The van der Waals surface area contributed by atoms with Gasteiger partial charge in [0.25, 0.3) is 0 Å². The zero-order valence-electron chi connectivity index (χ0n) is 12.2. The van der Waals surface area contributed by atoms with E-state index in [9.17, 15) is 0 Å². The summed E-state index contributed by atoms with van der Waals surface area (Å²) in [5, 5.41) is 1.05. The maximum absolute atomic E-state index is 6.06. The average molecular weight is 270 g/mol. The molecule has 0 bridgehead atoms. The first-order valence-corrected chi connectivity index (χ1v) is 7.29. The summed E-state index contributed by atoms with van der Waals surface area (Å²) in [7, 11) is 2.21. The van der Waals surface area contributed by atoms with Crippen molar-refractivity contribution in [2.45, 2.75) is 19.4 Å². The summed E-state index contributed by atoms with van der Waals surface area (Å²) in [6.45, 7) is 5.45. The Labute approximate surface area is 120 Å². The van der Waals surface area contributed by atoms with Crippen LogP contribution in [-0.2, 0) is 0 Å². The lowest BCUT2D eigenvalue weighted by Crippen LogP contribution is -2.51. The zero-order valence-corrected chi connectivity index (χ0v) is 12.2. The second-order valence-corrected chi connectivity index (χ2v) is 5.56. The van der Waals surface area contributed by atoms with Crippen molar-refractivity contribution in [3.63, 3.8) is 0 Å². The van der Waals surface area contributed by atoms with Gasteiger partial charge in [0.2, 0.25) is 0 Å². The van der Waals surface area contributed by atoms with Gasteiger partial charge in [-0.2, -0.15) is 0 Å². The molecule has 1 aliphatic rings. The fourth-order valence-electron chi connectivity index (χ4n) is 3.04. The van der Waals surface area contributed by atoms with Crippen LogP contribution in [-0.4, -0.2) is 42.6 Å². The van der Waals surface area contributed by atoms with E-state index in [-0.39, 0.29) is 0 Å². The van der Waals surface area contributed by atoms with Gasteiger partial charge in [-0.1, -0.05) is 6.92 Å². The first kappa shape index (κ1) is 13.2. The van der Waals surface area contributed by atoms with Crippen molar-refractivity contribution in [2.75, 3.05) is 37.3 Å². The number of benzene rings is 1. The Morgan fingerprint density at radius 3 is 2.95 bits per heavy atom. The van der Waals surface area contributed by atoms with Gasteiger partial charge in [-0.25, -0.2) is 0 Å². The van der Waals surface area contributed by atoms with Crippen molar-refractivity contribution >= 4 is 22.3 Å². The topological polar surface area (TPSA) is 45.4 Å². The van der Waals surface area contributed by atoms with E-state index in [0.717, 1.165) is 36.2 Å². The monoisotopic (exact) mass is 270 g/mol. The Hall–Kier alpha value is -1.81. The second kappa shape index (κ2) is 5.29. The summed E-state index contributed by atoms with van der Waals surface area (Å²) in [6.07, 6.45) is 3.02. The number of piperazine rings is 1. The molecule has 2 N–H and O–H groups in total. The highest BCUT2D eigenvalue weighted by atomic mass is 15.3. The third-order valence-corrected chi connectivity index (χ3v) is 4.37. The molecule has 0 spiro atoms. The van der Waals surface area contributed by atoms with E-state index < -0.39 is 0 Å². The Morgan fingerprint density at radius 2 is 2.15 bits per heavy atom. The van der Waals surface area contributed by atoms with Gasteiger partial charge in [0, 0.05) is 42.9 Å². The Balaban J connectivity index is 2.00. The van der Waals surface area contributed by atoms with Crippen molar-refractivity contribution < 1.29 is 0 Å². The van der Waals surface area contributed by atoms with Gasteiger partial charge in [-0.3, -0.25) is 9.88 Å². The third kappa shape index (κ3) is 2.20. The largest absolute Gasteiger partial charge is 0.398 e. The predicted molar refractivity (Wildman–Crippen MR) is 85.1 cm³/mol. The van der Waals surface area contributed by atoms with Crippen LogP contribution >= 0.6 is 0 Å². The van der Waals surface area contributed by atoms with Crippen LogP contribution in [0.1, 0.15) is 13.3 Å². The van der Waals surface area contributed by atoms with E-state index in [0.29, 0.717) is 6.04 Å². The number of nitrogens with two attached hydrogens (primary N) is 1. The van der Waals surface area contributed by atoms with Crippen molar-refractivity contribution in [3.05, 3.63) is 30.5 Å². The van der Waals surface area contributed by atoms with Crippen LogP contribution in [0.25, 0.3) is 10.9 Å². The van der Waals surface area contributed by atoms with Crippen molar-refractivity contribution in [1.82, 2.24) is 9.88 Å². The molecule has 3 rings (SSSR count). The molecule has 1 atom stereocenters. The first-order valence-electron chi connectivity index (χ1n) is 7.29. The molecule has 1 unspecified atom stereocenters. The van der Waals surface area contributed by atoms with Crippen LogP contribution in [0.4, 0.5) is 11.4 Å². The van der Waals surface area contributed by atoms with Gasteiger partial charge in [0.15, 0.2) is 0 Å². The molecule has 0 saturated carbocycles. The standard InChI is InChI=1S/C16H22N4/c1-3-12-11-20(10-9-19(12)2)15-7-6-14(17)13-5-4-8-18-16(13)15/h4-8,12H,3,9-11,17H2,1-2H3. The maximum Gasteiger partial charge on any atom is 0.0955 e. The Morgan fingerprint density at radius 1 is 1.30 bits per heavy atom. The summed E-state index contributed by atoms with van der Waals surface area (Å²) in [5.41, 5.74) is 9.10. The third-order valence-electron chi connectivity index (χ3n) is 4.37. The quantitative estimate of drug-likeness (QED) is 0.851. The minimum Gasteiger partial charge on any atom is -0.398 e. The Bertz CT molecular complexity index is 610. The smallest absolute Gasteiger partial charge is 0.0955 e. The van der Waals surface area contributed by atoms with E-state index in [1.807, 2.05) is 18.3 Å². The number of anilines is 2. The Kier molecular flexibility index (Phi) is 3.49. The predicted octanol–water partition coefficient (Wildman–Crippen LogP) is 2.35. The molecule has 1 saturated heterocycles. The molecule has 1 aromatic carbocycles. The van der Waals surface area contributed by atoms with Crippen LogP contribution in [0.2, 0.25) is 0 Å². The lowest BCUT2D eigenvalue weighted by atomic mass is 10.1. The number of rotatable bonds is 2. The number of hydrogen-bond donors (Lipinski definition) is 1. The highest BCUT2D eigenvalue weighted by molar-refractivity contribution is 5.98. The van der Waals surface area contributed by atoms with E-state index in [1.165, 1.54) is 12.1 Å². The minimum absolute atomic E-state index is 0.611. The number of fused-ring (bicyclic) bond motifs is 1. The molecule has 2 heterocycles. The lowest BCUT2D eigenvalue weighted by molar-refractivity contribution is 0.213. The fraction of sp³-hybridized carbons (Fsp3) is 0.438. The highest BCUT2D eigenvalue weighted by Crippen LogP contribution is 2.30. The molecule has 0 amide bonds. The van der Waals surface area contributed by atoms with E-state index in [2.05, 4.69) is 40.9 Å². The van der Waals surface area contributed by atoms with Crippen LogP contribution < -0.4 is 10.6 Å². The van der Waals surface area contributed by atoms with E-state index >= 15 is 0 Å². The van der Waals surface area contributed by atoms with Gasteiger partial charge in [0.05, 0.1) is 11.2 Å². The van der Waals surface area contributed by atoms with Gasteiger partial charge < -0.3 is 10.6 Å². The number of aromatic nitrogens is 1. The van der Waals surface area contributed by atoms with Crippen LogP contribution in [0.15, 0.2) is 30.5 Å². The van der Waals surface area contributed by atoms with Crippen molar-refractivity contribution in [2.24, 2.45) is 0 Å². The summed E-state index contributed by atoms with van der Waals surface area (Å²) < 4.78 is 0. The van der Waals surface area contributed by atoms with Gasteiger partial charge in [0.1, 0.15) is 0 Å². The van der Waals surface area contributed by atoms with Gasteiger partial charge in [-0.15, -0.1) is 0 Å². The molecule has 1 aliphatic heterocycles. The van der Waals surface area contributed by atoms with Crippen LogP contribution in [0, 0.1) is 0 Å². The number of hydrogen-bond acceptors (Lipinski definition) is 4. The molecule has 4 nitrogen and oxygen atoms in total. The van der Waals surface area contributed by atoms with Gasteiger partial charge in [-0.05, 0) is 37.7 Å². The summed E-state index contributed by atoms with van der Waals surface area (Å²) >= 11 is 0. The van der Waals surface area contributed by atoms with Crippen molar-refractivity contribution in [1.29, 1.82) is 0 Å². The first-order chi connectivity index (χ1) is 9.70. The summed E-state index contributed by atoms with van der Waals surface area (Å²) in [5.74, 6) is 0. The molecule has 1 fully saturated rings. The molecule has 2 aromatic rings. The molecular weight excluding hydrogens is 248 g/mol. The van der Waals surface area contributed by atoms with E-state index in [4.69, 9.17) is 5.73 Å². The molecule has 0 radical (unpaired) electrons. The van der Waals surface area contributed by atoms with Crippen LogP contribution in [0.3, 0.4) is 0 Å². The number of nitrogen functional groups attached to an aromatic ring is 1. The number of likely N-dealkylation sites (N-methyl/N-ethyl adjacent to an activating group) is 1. The minimum atomic E-state index is 0.611.